The van der Waals surface area contributed by atoms with E-state index in [0.717, 1.165) is 18.1 Å². The van der Waals surface area contributed by atoms with Crippen LogP contribution in [0.25, 0.3) is 0 Å². The Balaban J connectivity index is 1.91. The van der Waals surface area contributed by atoms with Gasteiger partial charge < -0.3 is 15.4 Å². The summed E-state index contributed by atoms with van der Waals surface area (Å²) in [5, 5.41) is 7.06. The number of anilines is 2. The van der Waals surface area contributed by atoms with E-state index in [1.807, 2.05) is 12.1 Å². The van der Waals surface area contributed by atoms with Crippen LogP contribution in [0, 0.1) is 0 Å². The van der Waals surface area contributed by atoms with Crippen molar-refractivity contribution < 1.29 is 4.74 Å². The van der Waals surface area contributed by atoms with Gasteiger partial charge in [0.05, 0.1) is 18.3 Å². The van der Waals surface area contributed by atoms with Gasteiger partial charge >= 0.3 is 0 Å². The molecule has 4 nitrogen and oxygen atoms in total. The molecule has 0 atom stereocenters. The summed E-state index contributed by atoms with van der Waals surface area (Å²) in [5.41, 5.74) is 1.31. The minimum atomic E-state index is 0.229. The Labute approximate surface area is 95.4 Å². The standard InChI is InChI=1S/C12H17N3O/c1-16-10-5-4-9-11(14-10)15-12(8-13-9)6-2-3-7-12/h4-5,13H,2-3,6-8H2,1H3,(H,14,15). The SMILES string of the molecule is COc1ccc2c(n1)NC1(CCCC1)CN2. The van der Waals surface area contributed by atoms with Crippen molar-refractivity contribution in [2.24, 2.45) is 0 Å². The first kappa shape index (κ1) is 9.75. The quantitative estimate of drug-likeness (QED) is 0.760. The summed E-state index contributed by atoms with van der Waals surface area (Å²) in [7, 11) is 1.65. The highest BCUT2D eigenvalue weighted by molar-refractivity contribution is 5.69. The largest absolute Gasteiger partial charge is 0.481 e. The van der Waals surface area contributed by atoms with Gasteiger partial charge in [-0.3, -0.25) is 0 Å². The maximum atomic E-state index is 5.15. The third-order valence-electron chi connectivity index (χ3n) is 3.64. The van der Waals surface area contributed by atoms with E-state index < -0.39 is 0 Å². The molecule has 86 valence electrons. The highest BCUT2D eigenvalue weighted by Crippen LogP contribution is 2.38. The summed E-state index contributed by atoms with van der Waals surface area (Å²) in [4.78, 5) is 4.45. The van der Waals surface area contributed by atoms with Gasteiger partial charge in [-0.25, -0.2) is 0 Å². The summed E-state index contributed by atoms with van der Waals surface area (Å²) in [6, 6.07) is 3.91. The van der Waals surface area contributed by atoms with Crippen LogP contribution in [-0.4, -0.2) is 24.2 Å². The molecule has 0 unspecified atom stereocenters. The Morgan fingerprint density at radius 1 is 1.31 bits per heavy atom. The second-order valence-corrected chi connectivity index (χ2v) is 4.72. The molecule has 0 aromatic carbocycles. The van der Waals surface area contributed by atoms with E-state index in [9.17, 15) is 0 Å². The Morgan fingerprint density at radius 3 is 2.88 bits per heavy atom. The summed E-state index contributed by atoms with van der Waals surface area (Å²) in [6.45, 7) is 1.01. The number of hydrogen-bond donors (Lipinski definition) is 2. The van der Waals surface area contributed by atoms with Gasteiger partial charge in [0.2, 0.25) is 5.88 Å². The molecular weight excluding hydrogens is 202 g/mol. The number of ether oxygens (including phenoxy) is 1. The molecule has 4 heteroatoms. The number of rotatable bonds is 1. The first-order valence-electron chi connectivity index (χ1n) is 5.88. The van der Waals surface area contributed by atoms with E-state index >= 15 is 0 Å². The molecule has 0 saturated heterocycles. The van der Waals surface area contributed by atoms with Crippen LogP contribution in [0.5, 0.6) is 5.88 Å². The fourth-order valence-corrected chi connectivity index (χ4v) is 2.71. The van der Waals surface area contributed by atoms with Crippen molar-refractivity contribution in [2.75, 3.05) is 24.3 Å². The van der Waals surface area contributed by atoms with Crippen molar-refractivity contribution in [3.8, 4) is 5.88 Å². The van der Waals surface area contributed by atoms with Crippen LogP contribution in [0.15, 0.2) is 12.1 Å². The van der Waals surface area contributed by atoms with Gasteiger partial charge in [0.15, 0.2) is 5.82 Å². The van der Waals surface area contributed by atoms with Gasteiger partial charge in [-0.1, -0.05) is 12.8 Å². The first-order valence-corrected chi connectivity index (χ1v) is 5.88. The van der Waals surface area contributed by atoms with E-state index in [4.69, 9.17) is 4.74 Å². The zero-order valence-electron chi connectivity index (χ0n) is 9.55. The zero-order chi connectivity index (χ0) is 11.0. The smallest absolute Gasteiger partial charge is 0.215 e. The van der Waals surface area contributed by atoms with Crippen LogP contribution in [0.2, 0.25) is 0 Å². The van der Waals surface area contributed by atoms with Crippen molar-refractivity contribution >= 4 is 11.5 Å². The number of nitrogens with zero attached hydrogens (tertiary/aromatic N) is 1. The van der Waals surface area contributed by atoms with Gasteiger partial charge in [-0.2, -0.15) is 4.98 Å². The van der Waals surface area contributed by atoms with Crippen LogP contribution in [0.3, 0.4) is 0 Å². The second kappa shape index (κ2) is 3.54. The van der Waals surface area contributed by atoms with Gasteiger partial charge in [0.25, 0.3) is 0 Å². The van der Waals surface area contributed by atoms with Gasteiger partial charge in [0, 0.05) is 12.6 Å². The van der Waals surface area contributed by atoms with Crippen LogP contribution >= 0.6 is 0 Å². The van der Waals surface area contributed by atoms with E-state index in [0.29, 0.717) is 5.88 Å². The molecule has 0 amide bonds. The summed E-state index contributed by atoms with van der Waals surface area (Å²) in [5.74, 6) is 1.61. The lowest BCUT2D eigenvalue weighted by atomic mass is 9.95. The normalized spacial score (nSPS) is 21.1. The third kappa shape index (κ3) is 1.49. The number of fused-ring (bicyclic) bond motifs is 1. The molecule has 1 aromatic rings. The molecule has 1 fully saturated rings. The van der Waals surface area contributed by atoms with Crippen molar-refractivity contribution in [3.05, 3.63) is 12.1 Å². The van der Waals surface area contributed by atoms with Crippen molar-refractivity contribution in [1.82, 2.24) is 4.98 Å². The molecule has 1 aliphatic heterocycles. The maximum Gasteiger partial charge on any atom is 0.215 e. The number of nitrogens with one attached hydrogen (secondary N) is 2. The van der Waals surface area contributed by atoms with Crippen LogP contribution in [0.1, 0.15) is 25.7 Å². The summed E-state index contributed by atoms with van der Waals surface area (Å²) in [6.07, 6.45) is 5.10. The van der Waals surface area contributed by atoms with E-state index in [-0.39, 0.29) is 5.54 Å². The molecule has 2 N–H and O–H groups in total. The Hall–Kier alpha value is -1.45. The number of aromatic nitrogens is 1. The van der Waals surface area contributed by atoms with E-state index in [2.05, 4.69) is 15.6 Å². The lowest BCUT2D eigenvalue weighted by molar-refractivity contribution is 0.397. The average Bonchev–Trinajstić information content (AvgIpc) is 2.76. The predicted molar refractivity (Wildman–Crippen MR) is 64.1 cm³/mol. The number of hydrogen-bond acceptors (Lipinski definition) is 4. The Morgan fingerprint density at radius 2 is 2.12 bits per heavy atom. The molecule has 1 aliphatic carbocycles. The van der Waals surface area contributed by atoms with Gasteiger partial charge in [-0.15, -0.1) is 0 Å². The van der Waals surface area contributed by atoms with Gasteiger partial charge in [0.1, 0.15) is 0 Å². The van der Waals surface area contributed by atoms with Crippen LogP contribution in [-0.2, 0) is 0 Å². The van der Waals surface area contributed by atoms with E-state index in [1.54, 1.807) is 7.11 Å². The molecule has 1 aromatic heterocycles. The summed E-state index contributed by atoms with van der Waals surface area (Å²) < 4.78 is 5.15. The second-order valence-electron chi connectivity index (χ2n) is 4.72. The molecule has 2 aliphatic rings. The molecular formula is C12H17N3O. The van der Waals surface area contributed by atoms with Crippen molar-refractivity contribution in [1.29, 1.82) is 0 Å². The fraction of sp³-hybridized carbons (Fsp3) is 0.583. The van der Waals surface area contributed by atoms with Crippen LogP contribution < -0.4 is 15.4 Å². The lowest BCUT2D eigenvalue weighted by Crippen LogP contribution is -2.45. The molecule has 16 heavy (non-hydrogen) atoms. The molecule has 3 rings (SSSR count). The Kier molecular flexibility index (Phi) is 2.16. The van der Waals surface area contributed by atoms with E-state index in [1.165, 1.54) is 25.7 Å². The third-order valence-corrected chi connectivity index (χ3v) is 3.64. The predicted octanol–water partition coefficient (Wildman–Crippen LogP) is 2.24. The first-order chi connectivity index (χ1) is 7.81. The zero-order valence-corrected chi connectivity index (χ0v) is 9.55. The topological polar surface area (TPSA) is 46.2 Å². The number of pyridine rings is 1. The monoisotopic (exact) mass is 219 g/mol. The minimum absolute atomic E-state index is 0.229. The fourth-order valence-electron chi connectivity index (χ4n) is 2.71. The minimum Gasteiger partial charge on any atom is -0.481 e. The Bertz CT molecular complexity index is 399. The number of methoxy groups -OCH3 is 1. The van der Waals surface area contributed by atoms with Crippen LogP contribution in [0.4, 0.5) is 11.5 Å². The highest BCUT2D eigenvalue weighted by atomic mass is 16.5. The van der Waals surface area contributed by atoms with Gasteiger partial charge in [-0.05, 0) is 18.9 Å². The molecule has 2 heterocycles. The highest BCUT2D eigenvalue weighted by Gasteiger charge is 2.37. The molecule has 0 radical (unpaired) electrons. The molecule has 1 spiro atoms. The molecule has 0 bridgehead atoms. The molecule has 1 saturated carbocycles. The van der Waals surface area contributed by atoms with Crippen molar-refractivity contribution in [3.63, 3.8) is 0 Å². The maximum absolute atomic E-state index is 5.15. The summed E-state index contributed by atoms with van der Waals surface area (Å²) >= 11 is 0. The lowest BCUT2D eigenvalue weighted by Gasteiger charge is -2.36. The van der Waals surface area contributed by atoms with Crippen molar-refractivity contribution in [2.45, 2.75) is 31.2 Å². The average molecular weight is 219 g/mol.